The quantitative estimate of drug-likeness (QED) is 0.757. The van der Waals surface area contributed by atoms with Crippen LogP contribution in [0.25, 0.3) is 0 Å². The van der Waals surface area contributed by atoms with E-state index in [9.17, 15) is 9.59 Å². The third-order valence-corrected chi connectivity index (χ3v) is 3.15. The van der Waals surface area contributed by atoms with Gasteiger partial charge < -0.3 is 24.8 Å². The Morgan fingerprint density at radius 1 is 1.29 bits per heavy atom. The maximum Gasteiger partial charge on any atom is 0.407 e. The number of amides is 2. The molecule has 1 aliphatic rings. The van der Waals surface area contributed by atoms with Crippen molar-refractivity contribution in [1.29, 1.82) is 0 Å². The van der Waals surface area contributed by atoms with Gasteiger partial charge in [0.1, 0.15) is 5.60 Å². The zero-order valence-electron chi connectivity index (χ0n) is 13.1. The van der Waals surface area contributed by atoms with E-state index < -0.39 is 17.8 Å². The second-order valence-corrected chi connectivity index (χ2v) is 6.22. The van der Waals surface area contributed by atoms with E-state index in [2.05, 4.69) is 5.32 Å². The van der Waals surface area contributed by atoms with E-state index in [4.69, 9.17) is 14.6 Å². The molecule has 0 aliphatic carbocycles. The first-order valence-corrected chi connectivity index (χ1v) is 7.30. The first kappa shape index (κ1) is 17.6. The van der Waals surface area contributed by atoms with E-state index >= 15 is 0 Å². The van der Waals surface area contributed by atoms with Gasteiger partial charge >= 0.3 is 12.2 Å². The fourth-order valence-corrected chi connectivity index (χ4v) is 2.08. The maximum absolute atomic E-state index is 11.4. The number of alkyl carbamates (subject to hydrolysis) is 1. The van der Waals surface area contributed by atoms with Crippen LogP contribution in [0.4, 0.5) is 9.59 Å². The SMILES string of the molecule is CC(C)(C)OC(=O)NCCOCC1CCN(C(=O)O)CC1. The van der Waals surface area contributed by atoms with Crippen molar-refractivity contribution in [3.8, 4) is 0 Å². The van der Waals surface area contributed by atoms with Crippen LogP contribution in [-0.4, -0.2) is 60.6 Å². The number of hydrogen-bond donors (Lipinski definition) is 2. The first-order valence-electron chi connectivity index (χ1n) is 7.30. The summed E-state index contributed by atoms with van der Waals surface area (Å²) < 4.78 is 10.6. The molecule has 1 aliphatic heterocycles. The van der Waals surface area contributed by atoms with E-state index in [1.165, 1.54) is 4.90 Å². The molecule has 2 amide bonds. The Kier molecular flexibility index (Phi) is 6.74. The van der Waals surface area contributed by atoms with E-state index in [1.54, 1.807) is 0 Å². The van der Waals surface area contributed by atoms with Gasteiger partial charge in [0.15, 0.2) is 0 Å². The molecule has 1 fully saturated rings. The van der Waals surface area contributed by atoms with E-state index in [1.807, 2.05) is 20.8 Å². The number of ether oxygens (including phenoxy) is 2. The zero-order valence-corrected chi connectivity index (χ0v) is 13.1. The molecule has 2 N–H and O–H groups in total. The first-order chi connectivity index (χ1) is 9.78. The van der Waals surface area contributed by atoms with Crippen LogP contribution in [0.3, 0.4) is 0 Å². The van der Waals surface area contributed by atoms with Crippen LogP contribution in [0.5, 0.6) is 0 Å². The van der Waals surface area contributed by atoms with Gasteiger partial charge in [0.25, 0.3) is 0 Å². The molecule has 0 unspecified atom stereocenters. The highest BCUT2D eigenvalue weighted by Crippen LogP contribution is 2.17. The highest BCUT2D eigenvalue weighted by molar-refractivity contribution is 5.67. The van der Waals surface area contributed by atoms with Crippen molar-refractivity contribution in [2.24, 2.45) is 5.92 Å². The van der Waals surface area contributed by atoms with E-state index in [0.717, 1.165) is 12.8 Å². The van der Waals surface area contributed by atoms with Gasteiger partial charge in [-0.05, 0) is 39.5 Å². The van der Waals surface area contributed by atoms with Gasteiger partial charge in [-0.15, -0.1) is 0 Å². The molecule has 0 bridgehead atoms. The van der Waals surface area contributed by atoms with Gasteiger partial charge in [-0.3, -0.25) is 0 Å². The summed E-state index contributed by atoms with van der Waals surface area (Å²) in [5.41, 5.74) is -0.497. The van der Waals surface area contributed by atoms with Crippen molar-refractivity contribution in [1.82, 2.24) is 10.2 Å². The minimum Gasteiger partial charge on any atom is -0.465 e. The number of hydrogen-bond acceptors (Lipinski definition) is 4. The lowest BCUT2D eigenvalue weighted by Gasteiger charge is -2.29. The predicted molar refractivity (Wildman–Crippen MR) is 77.4 cm³/mol. The van der Waals surface area contributed by atoms with Gasteiger partial charge in [0, 0.05) is 26.2 Å². The predicted octanol–water partition coefficient (Wildman–Crippen LogP) is 1.92. The summed E-state index contributed by atoms with van der Waals surface area (Å²) in [5, 5.41) is 11.5. The van der Waals surface area contributed by atoms with Crippen LogP contribution >= 0.6 is 0 Å². The highest BCUT2D eigenvalue weighted by Gasteiger charge is 2.22. The summed E-state index contributed by atoms with van der Waals surface area (Å²) in [6.45, 7) is 8.01. The lowest BCUT2D eigenvalue weighted by Crippen LogP contribution is -2.38. The molecule has 21 heavy (non-hydrogen) atoms. The number of piperidine rings is 1. The lowest BCUT2D eigenvalue weighted by molar-refractivity contribution is 0.0457. The van der Waals surface area contributed by atoms with Crippen LogP contribution < -0.4 is 5.32 Å². The standard InChI is InChI=1S/C14H26N2O5/c1-14(2,3)21-12(17)15-6-9-20-10-11-4-7-16(8-5-11)13(18)19/h11H,4-10H2,1-3H3,(H,15,17)(H,18,19). The van der Waals surface area contributed by atoms with Gasteiger partial charge in [0.05, 0.1) is 6.61 Å². The Morgan fingerprint density at radius 3 is 2.43 bits per heavy atom. The zero-order chi connectivity index (χ0) is 15.9. The Bertz CT molecular complexity index is 346. The second-order valence-electron chi connectivity index (χ2n) is 6.22. The van der Waals surface area contributed by atoms with Crippen molar-refractivity contribution in [3.63, 3.8) is 0 Å². The molecule has 7 nitrogen and oxygen atoms in total. The van der Waals surface area contributed by atoms with Crippen LogP contribution in [0.1, 0.15) is 33.6 Å². The molecule has 0 spiro atoms. The van der Waals surface area contributed by atoms with Crippen molar-refractivity contribution in [2.45, 2.75) is 39.2 Å². The third-order valence-electron chi connectivity index (χ3n) is 3.15. The van der Waals surface area contributed by atoms with E-state index in [0.29, 0.717) is 38.8 Å². The number of nitrogens with zero attached hydrogens (tertiary/aromatic N) is 1. The molecular weight excluding hydrogens is 276 g/mol. The minimum absolute atomic E-state index is 0.391. The third kappa shape index (κ3) is 7.75. The number of carbonyl (C=O) groups is 2. The van der Waals surface area contributed by atoms with Gasteiger partial charge in [-0.2, -0.15) is 0 Å². The number of carboxylic acid groups (broad SMARTS) is 1. The molecule has 0 saturated carbocycles. The maximum atomic E-state index is 11.4. The Balaban J connectivity index is 2.03. The van der Waals surface area contributed by atoms with E-state index in [-0.39, 0.29) is 0 Å². The molecule has 122 valence electrons. The fraction of sp³-hybridized carbons (Fsp3) is 0.857. The highest BCUT2D eigenvalue weighted by atomic mass is 16.6. The summed E-state index contributed by atoms with van der Waals surface area (Å²) in [4.78, 5) is 23.6. The summed E-state index contributed by atoms with van der Waals surface area (Å²) in [6.07, 6.45) is 0.356. The normalized spacial score (nSPS) is 16.6. The average Bonchev–Trinajstić information content (AvgIpc) is 2.36. The molecule has 7 heteroatoms. The Hall–Kier alpha value is -1.50. The van der Waals surface area contributed by atoms with Crippen molar-refractivity contribution >= 4 is 12.2 Å². The summed E-state index contributed by atoms with van der Waals surface area (Å²) in [7, 11) is 0. The number of likely N-dealkylation sites (tertiary alicyclic amines) is 1. The van der Waals surface area contributed by atoms with Crippen molar-refractivity contribution in [2.75, 3.05) is 32.8 Å². The minimum atomic E-state index is -0.851. The second kappa shape index (κ2) is 8.07. The molecule has 1 heterocycles. The van der Waals surface area contributed by atoms with Crippen molar-refractivity contribution in [3.05, 3.63) is 0 Å². The van der Waals surface area contributed by atoms with Gasteiger partial charge in [-0.25, -0.2) is 9.59 Å². The number of rotatable bonds is 5. The summed E-state index contributed by atoms with van der Waals surface area (Å²) >= 11 is 0. The lowest BCUT2D eigenvalue weighted by atomic mass is 9.98. The summed E-state index contributed by atoms with van der Waals surface area (Å²) in [5.74, 6) is 0.391. The molecule has 0 aromatic heterocycles. The van der Waals surface area contributed by atoms with Crippen molar-refractivity contribution < 1.29 is 24.2 Å². The van der Waals surface area contributed by atoms with Crippen LogP contribution in [0, 0.1) is 5.92 Å². The molecule has 0 radical (unpaired) electrons. The van der Waals surface area contributed by atoms with Gasteiger partial charge in [0.2, 0.25) is 0 Å². The molecule has 0 aromatic rings. The van der Waals surface area contributed by atoms with Crippen LogP contribution in [0.15, 0.2) is 0 Å². The molecule has 0 aromatic carbocycles. The average molecular weight is 302 g/mol. The molecule has 1 rings (SSSR count). The number of nitrogens with one attached hydrogen (secondary N) is 1. The Labute approximate surface area is 125 Å². The Morgan fingerprint density at radius 2 is 1.90 bits per heavy atom. The fourth-order valence-electron chi connectivity index (χ4n) is 2.08. The number of carbonyl (C=O) groups excluding carboxylic acids is 1. The topological polar surface area (TPSA) is 88.1 Å². The molecule has 1 saturated heterocycles. The monoisotopic (exact) mass is 302 g/mol. The molecular formula is C14H26N2O5. The van der Waals surface area contributed by atoms with Gasteiger partial charge in [-0.1, -0.05) is 0 Å². The largest absolute Gasteiger partial charge is 0.465 e. The van der Waals surface area contributed by atoms with Crippen LogP contribution in [-0.2, 0) is 9.47 Å². The molecule has 0 atom stereocenters. The smallest absolute Gasteiger partial charge is 0.407 e. The summed E-state index contributed by atoms with van der Waals surface area (Å²) in [6, 6.07) is 0. The van der Waals surface area contributed by atoms with Crippen LogP contribution in [0.2, 0.25) is 0 Å².